The van der Waals surface area contributed by atoms with Crippen molar-refractivity contribution in [1.29, 1.82) is 0 Å². The lowest BCUT2D eigenvalue weighted by molar-refractivity contribution is -0.0107. The molecular formula is C19H23N3O3. The fourth-order valence-electron chi connectivity index (χ4n) is 3.86. The maximum atomic E-state index is 12.8. The quantitative estimate of drug-likeness (QED) is 0.842. The van der Waals surface area contributed by atoms with Gasteiger partial charge in [0.15, 0.2) is 0 Å². The molecule has 6 nitrogen and oxygen atoms in total. The van der Waals surface area contributed by atoms with Gasteiger partial charge in [-0.3, -0.25) is 9.48 Å². The molecule has 1 amide bonds. The van der Waals surface area contributed by atoms with Crippen LogP contribution in [0.2, 0.25) is 0 Å². The molecule has 2 aliphatic rings. The molecule has 1 aromatic carbocycles. The third-order valence-corrected chi connectivity index (χ3v) is 5.33. The predicted molar refractivity (Wildman–Crippen MR) is 93.0 cm³/mol. The van der Waals surface area contributed by atoms with Gasteiger partial charge in [0.2, 0.25) is 5.88 Å². The Morgan fingerprint density at radius 3 is 2.76 bits per heavy atom. The number of amides is 1. The van der Waals surface area contributed by atoms with E-state index < -0.39 is 0 Å². The second-order valence-electron chi connectivity index (χ2n) is 6.91. The molecular weight excluding hydrogens is 318 g/mol. The summed E-state index contributed by atoms with van der Waals surface area (Å²) in [5.41, 5.74) is 1.67. The minimum atomic E-state index is -0.135. The fourth-order valence-corrected chi connectivity index (χ4v) is 3.86. The van der Waals surface area contributed by atoms with Gasteiger partial charge in [-0.25, -0.2) is 0 Å². The standard InChI is InChI=1S/C19H23N3O3/c1-21-13-15(17(20-21)24-2)18(23)22-11-9-19(10-12-22)8-7-14-5-3-4-6-16(14)25-19/h3-6,13H,7-12H2,1-2H3. The number of fused-ring (bicyclic) bond motifs is 1. The molecule has 0 unspecified atom stereocenters. The van der Waals surface area contributed by atoms with Crippen molar-refractivity contribution in [1.82, 2.24) is 14.7 Å². The smallest absolute Gasteiger partial charge is 0.260 e. The molecule has 1 saturated heterocycles. The maximum absolute atomic E-state index is 12.8. The first-order valence-electron chi connectivity index (χ1n) is 8.74. The number of para-hydroxylation sites is 1. The van der Waals surface area contributed by atoms with E-state index in [9.17, 15) is 4.79 Å². The largest absolute Gasteiger partial charge is 0.487 e. The molecule has 1 fully saturated rings. The van der Waals surface area contributed by atoms with Crippen molar-refractivity contribution in [3.8, 4) is 11.6 Å². The van der Waals surface area contributed by atoms with Crippen molar-refractivity contribution < 1.29 is 14.3 Å². The van der Waals surface area contributed by atoms with Crippen LogP contribution >= 0.6 is 0 Å². The highest BCUT2D eigenvalue weighted by atomic mass is 16.5. The SMILES string of the molecule is COc1nn(C)cc1C(=O)N1CCC2(CCc3ccccc3O2)CC1. The van der Waals surface area contributed by atoms with Gasteiger partial charge in [-0.05, 0) is 24.5 Å². The lowest BCUT2D eigenvalue weighted by Crippen LogP contribution is -2.51. The minimum Gasteiger partial charge on any atom is -0.487 e. The molecule has 25 heavy (non-hydrogen) atoms. The number of hydrogen-bond donors (Lipinski definition) is 0. The van der Waals surface area contributed by atoms with Crippen LogP contribution < -0.4 is 9.47 Å². The lowest BCUT2D eigenvalue weighted by atomic mass is 9.83. The van der Waals surface area contributed by atoms with Crippen LogP contribution in [0.25, 0.3) is 0 Å². The summed E-state index contributed by atoms with van der Waals surface area (Å²) in [5, 5.41) is 4.18. The molecule has 2 aromatic rings. The second kappa shape index (κ2) is 6.10. The van der Waals surface area contributed by atoms with Gasteiger partial charge in [-0.2, -0.15) is 0 Å². The highest BCUT2D eigenvalue weighted by Crippen LogP contribution is 2.39. The summed E-state index contributed by atoms with van der Waals surface area (Å²) in [4.78, 5) is 14.7. The fraction of sp³-hybridized carbons (Fsp3) is 0.474. The topological polar surface area (TPSA) is 56.6 Å². The molecule has 1 spiro atoms. The van der Waals surface area contributed by atoms with Crippen molar-refractivity contribution in [3.63, 3.8) is 0 Å². The van der Waals surface area contributed by atoms with Crippen molar-refractivity contribution >= 4 is 5.91 Å². The Bertz CT molecular complexity index is 791. The molecule has 1 aromatic heterocycles. The Hall–Kier alpha value is -2.50. The molecule has 4 rings (SSSR count). The predicted octanol–water partition coefficient (Wildman–Crippen LogP) is 2.43. The van der Waals surface area contributed by atoms with Gasteiger partial charge in [0.25, 0.3) is 5.91 Å². The zero-order valence-corrected chi connectivity index (χ0v) is 14.7. The second-order valence-corrected chi connectivity index (χ2v) is 6.91. The first-order chi connectivity index (χ1) is 12.1. The van der Waals surface area contributed by atoms with E-state index in [0.717, 1.165) is 31.4 Å². The Labute approximate surface area is 147 Å². The summed E-state index contributed by atoms with van der Waals surface area (Å²) in [7, 11) is 3.33. The number of aromatic nitrogens is 2. The zero-order chi connectivity index (χ0) is 17.4. The van der Waals surface area contributed by atoms with Crippen LogP contribution in [0.4, 0.5) is 0 Å². The van der Waals surface area contributed by atoms with Gasteiger partial charge in [0.05, 0.1) is 7.11 Å². The first-order valence-corrected chi connectivity index (χ1v) is 8.74. The number of carbonyl (C=O) groups is 1. The van der Waals surface area contributed by atoms with Crippen LogP contribution in [-0.4, -0.2) is 46.4 Å². The Kier molecular flexibility index (Phi) is 3.90. The van der Waals surface area contributed by atoms with Gasteiger partial charge in [-0.1, -0.05) is 18.2 Å². The van der Waals surface area contributed by atoms with E-state index >= 15 is 0 Å². The summed E-state index contributed by atoms with van der Waals surface area (Å²) < 4.78 is 13.2. The number of piperidine rings is 1. The van der Waals surface area contributed by atoms with Gasteiger partial charge in [0.1, 0.15) is 16.9 Å². The number of ether oxygens (including phenoxy) is 2. The molecule has 0 bridgehead atoms. The Balaban J connectivity index is 1.46. The van der Waals surface area contributed by atoms with Gasteiger partial charge >= 0.3 is 0 Å². The van der Waals surface area contributed by atoms with Crippen LogP contribution in [0.5, 0.6) is 11.6 Å². The molecule has 132 valence electrons. The average molecular weight is 341 g/mol. The number of rotatable bonds is 2. The van der Waals surface area contributed by atoms with Gasteiger partial charge in [-0.15, -0.1) is 5.10 Å². The molecule has 0 N–H and O–H groups in total. The van der Waals surface area contributed by atoms with Gasteiger partial charge in [0, 0.05) is 39.2 Å². The van der Waals surface area contributed by atoms with Crippen molar-refractivity contribution in [2.24, 2.45) is 7.05 Å². The highest BCUT2D eigenvalue weighted by molar-refractivity contribution is 5.96. The molecule has 2 aliphatic heterocycles. The monoisotopic (exact) mass is 341 g/mol. The van der Waals surface area contributed by atoms with Crippen LogP contribution in [-0.2, 0) is 13.5 Å². The molecule has 0 atom stereocenters. The summed E-state index contributed by atoms with van der Waals surface area (Å²) in [5.74, 6) is 1.37. The van der Waals surface area contributed by atoms with Crippen LogP contribution in [0.1, 0.15) is 35.2 Å². The van der Waals surface area contributed by atoms with E-state index in [2.05, 4.69) is 17.2 Å². The number of nitrogens with zero attached hydrogens (tertiary/aromatic N) is 3. The number of aryl methyl sites for hydroxylation is 2. The maximum Gasteiger partial charge on any atom is 0.260 e. The number of likely N-dealkylation sites (tertiary alicyclic amines) is 1. The molecule has 3 heterocycles. The van der Waals surface area contributed by atoms with E-state index in [4.69, 9.17) is 9.47 Å². The minimum absolute atomic E-state index is 0.0176. The average Bonchev–Trinajstić information content (AvgIpc) is 3.02. The van der Waals surface area contributed by atoms with Crippen LogP contribution in [0.3, 0.4) is 0 Å². The Morgan fingerprint density at radius 1 is 1.24 bits per heavy atom. The van der Waals surface area contributed by atoms with Crippen LogP contribution in [0, 0.1) is 0 Å². The third kappa shape index (κ3) is 2.86. The van der Waals surface area contributed by atoms with Crippen LogP contribution in [0.15, 0.2) is 30.5 Å². The molecule has 0 radical (unpaired) electrons. The summed E-state index contributed by atoms with van der Waals surface area (Å²) in [6.45, 7) is 1.39. The highest BCUT2D eigenvalue weighted by Gasteiger charge is 2.40. The van der Waals surface area contributed by atoms with E-state index in [0.29, 0.717) is 24.5 Å². The van der Waals surface area contributed by atoms with Gasteiger partial charge < -0.3 is 14.4 Å². The summed E-state index contributed by atoms with van der Waals surface area (Å²) in [6, 6.07) is 8.26. The van der Waals surface area contributed by atoms with Crippen molar-refractivity contribution in [2.75, 3.05) is 20.2 Å². The number of hydrogen-bond acceptors (Lipinski definition) is 4. The lowest BCUT2D eigenvalue weighted by Gasteiger charge is -2.44. The van der Waals surface area contributed by atoms with E-state index in [-0.39, 0.29) is 11.5 Å². The molecule has 0 aliphatic carbocycles. The van der Waals surface area contributed by atoms with Crippen molar-refractivity contribution in [2.45, 2.75) is 31.3 Å². The first kappa shape index (κ1) is 16.0. The van der Waals surface area contributed by atoms with E-state index in [1.807, 2.05) is 17.0 Å². The van der Waals surface area contributed by atoms with Crippen molar-refractivity contribution in [3.05, 3.63) is 41.6 Å². The molecule has 0 saturated carbocycles. The third-order valence-electron chi connectivity index (χ3n) is 5.33. The number of benzene rings is 1. The summed E-state index contributed by atoms with van der Waals surface area (Å²) in [6.07, 6.45) is 5.49. The Morgan fingerprint density at radius 2 is 2.00 bits per heavy atom. The molecule has 6 heteroatoms. The zero-order valence-electron chi connectivity index (χ0n) is 14.7. The number of methoxy groups -OCH3 is 1. The summed E-state index contributed by atoms with van der Waals surface area (Å²) >= 11 is 0. The van der Waals surface area contributed by atoms with E-state index in [1.54, 1.807) is 17.9 Å². The normalized spacial score (nSPS) is 18.6. The number of carbonyl (C=O) groups excluding carboxylic acids is 1. The van der Waals surface area contributed by atoms with E-state index in [1.165, 1.54) is 12.7 Å².